The number of thioether (sulfide) groups is 1. The van der Waals surface area contributed by atoms with Gasteiger partial charge in [0.2, 0.25) is 11.8 Å². The summed E-state index contributed by atoms with van der Waals surface area (Å²) in [5.41, 5.74) is 1.71. The number of hydrogen-bond acceptors (Lipinski definition) is 6. The Kier molecular flexibility index (Phi) is 5.82. The molecule has 1 aliphatic carbocycles. The van der Waals surface area contributed by atoms with E-state index in [1.807, 2.05) is 12.1 Å². The molecule has 2 N–H and O–H groups in total. The molecule has 2 amide bonds. The lowest BCUT2D eigenvalue weighted by Crippen LogP contribution is -2.25. The van der Waals surface area contributed by atoms with Crippen molar-refractivity contribution in [3.05, 3.63) is 59.1 Å². The summed E-state index contributed by atoms with van der Waals surface area (Å²) in [5, 5.41) is 14.4. The van der Waals surface area contributed by atoms with Crippen LogP contribution in [0.3, 0.4) is 0 Å². The van der Waals surface area contributed by atoms with Crippen LogP contribution in [0.25, 0.3) is 11.5 Å². The predicted octanol–water partition coefficient (Wildman–Crippen LogP) is 4.01. The molecule has 0 bridgehead atoms. The number of anilines is 1. The van der Waals surface area contributed by atoms with Gasteiger partial charge < -0.3 is 15.1 Å². The zero-order chi connectivity index (χ0) is 20.2. The number of aromatic nitrogens is 2. The number of hydrogen-bond donors (Lipinski definition) is 2. The summed E-state index contributed by atoms with van der Waals surface area (Å²) in [7, 11) is 0. The first-order valence-corrected chi connectivity index (χ1v) is 10.4. The monoisotopic (exact) mass is 428 g/mol. The molecule has 0 spiro atoms. The highest BCUT2D eigenvalue weighted by Crippen LogP contribution is 2.28. The van der Waals surface area contributed by atoms with E-state index in [0.29, 0.717) is 27.7 Å². The minimum absolute atomic E-state index is 0.0860. The van der Waals surface area contributed by atoms with Crippen molar-refractivity contribution in [2.24, 2.45) is 0 Å². The quantitative estimate of drug-likeness (QED) is 0.552. The first kappa shape index (κ1) is 19.5. The molecule has 1 aliphatic rings. The van der Waals surface area contributed by atoms with Gasteiger partial charge in [0.25, 0.3) is 11.1 Å². The molecule has 0 atom stereocenters. The maximum Gasteiger partial charge on any atom is 0.277 e. The first-order valence-electron chi connectivity index (χ1n) is 9.00. The molecule has 29 heavy (non-hydrogen) atoms. The van der Waals surface area contributed by atoms with Crippen LogP contribution < -0.4 is 10.6 Å². The van der Waals surface area contributed by atoms with Crippen LogP contribution in [0.2, 0.25) is 5.02 Å². The lowest BCUT2D eigenvalue weighted by molar-refractivity contribution is -0.113. The van der Waals surface area contributed by atoms with E-state index in [4.69, 9.17) is 16.0 Å². The van der Waals surface area contributed by atoms with E-state index >= 15 is 0 Å². The molecule has 1 aromatic heterocycles. The van der Waals surface area contributed by atoms with Crippen LogP contribution in [-0.4, -0.2) is 33.8 Å². The van der Waals surface area contributed by atoms with Crippen molar-refractivity contribution in [3.8, 4) is 11.5 Å². The molecule has 2 aromatic carbocycles. The second-order valence-corrected chi connectivity index (χ2v) is 7.85. The Hall–Kier alpha value is -2.84. The highest BCUT2D eigenvalue weighted by molar-refractivity contribution is 7.99. The van der Waals surface area contributed by atoms with Crippen molar-refractivity contribution in [2.45, 2.75) is 24.1 Å². The Balaban J connectivity index is 1.32. The van der Waals surface area contributed by atoms with Gasteiger partial charge in [-0.3, -0.25) is 9.59 Å². The maximum absolute atomic E-state index is 12.2. The minimum atomic E-state index is -0.243. The smallest absolute Gasteiger partial charge is 0.277 e. The van der Waals surface area contributed by atoms with Crippen molar-refractivity contribution in [1.29, 1.82) is 0 Å². The van der Waals surface area contributed by atoms with Gasteiger partial charge in [0.15, 0.2) is 0 Å². The summed E-state index contributed by atoms with van der Waals surface area (Å²) < 4.78 is 5.57. The lowest BCUT2D eigenvalue weighted by atomic mass is 10.2. The van der Waals surface area contributed by atoms with E-state index in [-0.39, 0.29) is 28.8 Å². The maximum atomic E-state index is 12.2. The summed E-state index contributed by atoms with van der Waals surface area (Å²) in [4.78, 5) is 24.4. The average molecular weight is 429 g/mol. The third kappa shape index (κ3) is 5.16. The Morgan fingerprint density at radius 1 is 1.14 bits per heavy atom. The van der Waals surface area contributed by atoms with Crippen molar-refractivity contribution in [2.75, 3.05) is 11.1 Å². The van der Waals surface area contributed by atoms with Gasteiger partial charge in [-0.2, -0.15) is 0 Å². The Labute approximate surface area is 176 Å². The highest BCUT2D eigenvalue weighted by Gasteiger charge is 2.23. The Morgan fingerprint density at radius 3 is 2.76 bits per heavy atom. The fourth-order valence-corrected chi connectivity index (χ4v) is 3.35. The first-order chi connectivity index (χ1) is 14.1. The van der Waals surface area contributed by atoms with Crippen LogP contribution in [0.15, 0.2) is 58.2 Å². The fraction of sp³-hybridized carbons (Fsp3) is 0.200. The van der Waals surface area contributed by atoms with Crippen LogP contribution in [-0.2, 0) is 4.79 Å². The summed E-state index contributed by atoms with van der Waals surface area (Å²) in [6.07, 6.45) is 2.04. The molecule has 1 fully saturated rings. The zero-order valence-corrected chi connectivity index (χ0v) is 16.8. The molecule has 0 radical (unpaired) electrons. The second kappa shape index (κ2) is 8.67. The van der Waals surface area contributed by atoms with Gasteiger partial charge in [0.05, 0.1) is 16.3 Å². The Morgan fingerprint density at radius 2 is 1.97 bits per heavy atom. The third-order valence-electron chi connectivity index (χ3n) is 4.16. The highest BCUT2D eigenvalue weighted by atomic mass is 35.5. The topological polar surface area (TPSA) is 97.1 Å². The van der Waals surface area contributed by atoms with E-state index in [2.05, 4.69) is 20.8 Å². The summed E-state index contributed by atoms with van der Waals surface area (Å²) >= 11 is 7.25. The number of carbonyl (C=O) groups excluding carboxylic acids is 2. The van der Waals surface area contributed by atoms with E-state index in [9.17, 15) is 9.59 Å². The molecule has 3 aromatic rings. The Bertz CT molecular complexity index is 1050. The van der Waals surface area contributed by atoms with Crippen LogP contribution in [0.4, 0.5) is 5.69 Å². The molecule has 148 valence electrons. The van der Waals surface area contributed by atoms with Crippen molar-refractivity contribution in [3.63, 3.8) is 0 Å². The van der Waals surface area contributed by atoms with E-state index in [1.165, 1.54) is 0 Å². The number of halogens is 1. The number of benzene rings is 2. The van der Waals surface area contributed by atoms with Crippen LogP contribution in [0.5, 0.6) is 0 Å². The van der Waals surface area contributed by atoms with Crippen molar-refractivity contribution >= 4 is 40.9 Å². The van der Waals surface area contributed by atoms with Gasteiger partial charge in [-0.05, 0) is 43.2 Å². The van der Waals surface area contributed by atoms with Gasteiger partial charge in [-0.1, -0.05) is 41.6 Å². The van der Waals surface area contributed by atoms with Crippen LogP contribution in [0.1, 0.15) is 23.2 Å². The predicted molar refractivity (Wildman–Crippen MR) is 111 cm³/mol. The molecule has 7 nitrogen and oxygen atoms in total. The fourth-order valence-electron chi connectivity index (χ4n) is 2.57. The van der Waals surface area contributed by atoms with Gasteiger partial charge >= 0.3 is 0 Å². The van der Waals surface area contributed by atoms with Gasteiger partial charge in [-0.15, -0.1) is 10.2 Å². The zero-order valence-electron chi connectivity index (χ0n) is 15.2. The third-order valence-corrected chi connectivity index (χ3v) is 5.31. The van der Waals surface area contributed by atoms with Gasteiger partial charge in [0, 0.05) is 17.3 Å². The largest absolute Gasteiger partial charge is 0.411 e. The second-order valence-electron chi connectivity index (χ2n) is 6.52. The standard InChI is InChI=1S/C20H17ClN4O3S/c21-16-7-2-1-6-15(16)19-24-25-20(28-19)29-11-17(26)22-14-5-3-4-12(10-14)18(27)23-13-8-9-13/h1-7,10,13H,8-9,11H2,(H,22,26)(H,23,27). The summed E-state index contributed by atoms with van der Waals surface area (Å²) in [6, 6.07) is 14.3. The molecule has 1 heterocycles. The molecular formula is C20H17ClN4O3S. The van der Waals surface area contributed by atoms with E-state index < -0.39 is 0 Å². The molecule has 1 saturated carbocycles. The van der Waals surface area contributed by atoms with Gasteiger partial charge in [-0.25, -0.2) is 0 Å². The lowest BCUT2D eigenvalue weighted by Gasteiger charge is -2.07. The van der Waals surface area contributed by atoms with Gasteiger partial charge in [0.1, 0.15) is 0 Å². The van der Waals surface area contributed by atoms with Crippen LogP contribution in [0, 0.1) is 0 Å². The molecule has 4 rings (SSSR count). The van der Waals surface area contributed by atoms with Crippen molar-refractivity contribution in [1.82, 2.24) is 15.5 Å². The molecule has 0 aliphatic heterocycles. The molecular weight excluding hydrogens is 412 g/mol. The normalized spacial score (nSPS) is 13.1. The van der Waals surface area contributed by atoms with Crippen molar-refractivity contribution < 1.29 is 14.0 Å². The number of rotatable bonds is 7. The number of nitrogens with zero attached hydrogens (tertiary/aromatic N) is 2. The van der Waals surface area contributed by atoms with E-state index in [1.54, 1.807) is 36.4 Å². The minimum Gasteiger partial charge on any atom is -0.411 e. The SMILES string of the molecule is O=C(CSc1nnc(-c2ccccc2Cl)o1)Nc1cccc(C(=O)NC2CC2)c1. The van der Waals surface area contributed by atoms with Crippen LogP contribution >= 0.6 is 23.4 Å². The summed E-state index contributed by atoms with van der Waals surface area (Å²) in [5.74, 6) is 0.0129. The number of nitrogens with one attached hydrogen (secondary N) is 2. The number of carbonyl (C=O) groups is 2. The number of amides is 2. The van der Waals surface area contributed by atoms with E-state index in [0.717, 1.165) is 24.6 Å². The molecule has 0 saturated heterocycles. The average Bonchev–Trinajstić information content (AvgIpc) is 3.41. The molecule has 9 heteroatoms. The summed E-state index contributed by atoms with van der Waals surface area (Å²) in [6.45, 7) is 0. The molecule has 0 unspecified atom stereocenters.